The Hall–Kier alpha value is -1.50. The average Bonchev–Trinajstić information content (AvgIpc) is 3.16. The maximum Gasteiger partial charge on any atom is 0.181 e. The number of fused-ring (bicyclic) bond motifs is 1. The van der Waals surface area contributed by atoms with E-state index in [-0.39, 0.29) is 0 Å². The average molecular weight is 300 g/mol. The molecule has 1 atom stereocenters. The minimum atomic E-state index is 0.731. The van der Waals surface area contributed by atoms with E-state index in [2.05, 4.69) is 43.3 Å². The van der Waals surface area contributed by atoms with Crippen molar-refractivity contribution in [3.63, 3.8) is 0 Å². The molecule has 22 heavy (non-hydrogen) atoms. The van der Waals surface area contributed by atoms with Gasteiger partial charge < -0.3 is 5.32 Å². The predicted molar refractivity (Wildman–Crippen MR) is 86.8 cm³/mol. The van der Waals surface area contributed by atoms with E-state index in [1.807, 2.05) is 6.20 Å². The zero-order valence-electron chi connectivity index (χ0n) is 13.2. The van der Waals surface area contributed by atoms with Crippen molar-refractivity contribution in [1.82, 2.24) is 30.3 Å². The first kappa shape index (κ1) is 14.1. The van der Waals surface area contributed by atoms with Crippen LogP contribution in [0.15, 0.2) is 12.3 Å². The van der Waals surface area contributed by atoms with Gasteiger partial charge in [-0.25, -0.2) is 4.98 Å². The lowest BCUT2D eigenvalue weighted by Gasteiger charge is -2.32. The van der Waals surface area contributed by atoms with Crippen LogP contribution in [0.25, 0.3) is 11.0 Å². The summed E-state index contributed by atoms with van der Waals surface area (Å²) in [5.74, 6) is 0. The summed E-state index contributed by atoms with van der Waals surface area (Å²) in [7, 11) is 0. The topological polar surface area (TPSA) is 60.1 Å². The summed E-state index contributed by atoms with van der Waals surface area (Å²) in [4.78, 5) is 9.68. The molecule has 2 N–H and O–H groups in total. The second kappa shape index (κ2) is 5.95. The lowest BCUT2D eigenvalue weighted by Crippen LogP contribution is -2.49. The van der Waals surface area contributed by atoms with Crippen molar-refractivity contribution in [1.29, 1.82) is 0 Å². The van der Waals surface area contributed by atoms with Crippen LogP contribution >= 0.6 is 0 Å². The molecule has 0 radical (unpaired) electrons. The number of piperazine rings is 1. The third kappa shape index (κ3) is 2.74. The van der Waals surface area contributed by atoms with Gasteiger partial charge >= 0.3 is 0 Å². The number of pyridine rings is 1. The number of H-pyrrole nitrogens is 1. The Morgan fingerprint density at radius 3 is 3.00 bits per heavy atom. The van der Waals surface area contributed by atoms with Gasteiger partial charge in [0, 0.05) is 69.1 Å². The Bertz CT molecular complexity index is 645. The molecule has 2 aliphatic rings. The van der Waals surface area contributed by atoms with E-state index in [0.717, 1.165) is 42.4 Å². The third-order valence-electron chi connectivity index (χ3n) is 4.98. The van der Waals surface area contributed by atoms with Crippen LogP contribution in [0.2, 0.25) is 0 Å². The number of hydrogen-bond acceptors (Lipinski definition) is 5. The van der Waals surface area contributed by atoms with Crippen molar-refractivity contribution in [2.75, 3.05) is 39.3 Å². The van der Waals surface area contributed by atoms with Gasteiger partial charge in [-0.15, -0.1) is 0 Å². The predicted octanol–water partition coefficient (Wildman–Crippen LogP) is 0.746. The van der Waals surface area contributed by atoms with Crippen LogP contribution in [-0.4, -0.2) is 70.3 Å². The smallest absolute Gasteiger partial charge is 0.181 e. The largest absolute Gasteiger partial charge is 0.314 e. The molecule has 0 aromatic carbocycles. The molecule has 4 heterocycles. The van der Waals surface area contributed by atoms with E-state index >= 15 is 0 Å². The zero-order chi connectivity index (χ0) is 14.9. The van der Waals surface area contributed by atoms with Crippen molar-refractivity contribution < 1.29 is 0 Å². The molecule has 6 heteroatoms. The Morgan fingerprint density at radius 1 is 1.27 bits per heavy atom. The minimum absolute atomic E-state index is 0.731. The van der Waals surface area contributed by atoms with Crippen molar-refractivity contribution >= 4 is 11.0 Å². The highest BCUT2D eigenvalue weighted by Gasteiger charge is 2.28. The van der Waals surface area contributed by atoms with Gasteiger partial charge in [-0.3, -0.25) is 14.9 Å². The molecule has 0 amide bonds. The fourth-order valence-corrected chi connectivity index (χ4v) is 3.71. The number of nitrogens with zero attached hydrogens (tertiary/aromatic N) is 4. The molecule has 2 aliphatic heterocycles. The normalized spacial score (nSPS) is 24.3. The van der Waals surface area contributed by atoms with Crippen LogP contribution in [-0.2, 0) is 6.54 Å². The minimum Gasteiger partial charge on any atom is -0.314 e. The Balaban J connectivity index is 1.41. The summed E-state index contributed by atoms with van der Waals surface area (Å²) in [6.07, 6.45) is 3.27. The molecular formula is C16H24N6. The monoisotopic (exact) mass is 300 g/mol. The first-order valence-electron chi connectivity index (χ1n) is 8.26. The Morgan fingerprint density at radius 2 is 2.14 bits per heavy atom. The highest BCUT2D eigenvalue weighted by molar-refractivity contribution is 5.77. The molecule has 0 spiro atoms. The summed E-state index contributed by atoms with van der Waals surface area (Å²) in [5.41, 5.74) is 3.21. The molecule has 0 bridgehead atoms. The molecule has 118 valence electrons. The molecular weight excluding hydrogens is 276 g/mol. The molecule has 2 fully saturated rings. The Kier molecular flexibility index (Phi) is 3.82. The Labute approximate surface area is 130 Å². The molecule has 6 nitrogen and oxygen atoms in total. The summed E-state index contributed by atoms with van der Waals surface area (Å²) < 4.78 is 0. The number of likely N-dealkylation sites (tertiary alicyclic amines) is 1. The summed E-state index contributed by atoms with van der Waals surface area (Å²) in [5, 5.41) is 11.8. The number of hydrogen-bond donors (Lipinski definition) is 2. The first-order valence-corrected chi connectivity index (χ1v) is 8.26. The zero-order valence-corrected chi connectivity index (χ0v) is 13.2. The highest BCUT2D eigenvalue weighted by atomic mass is 15.3. The fourth-order valence-electron chi connectivity index (χ4n) is 3.71. The van der Waals surface area contributed by atoms with Crippen LogP contribution in [0.5, 0.6) is 0 Å². The van der Waals surface area contributed by atoms with Gasteiger partial charge in [0.15, 0.2) is 5.65 Å². The van der Waals surface area contributed by atoms with E-state index in [1.54, 1.807) is 0 Å². The van der Waals surface area contributed by atoms with Crippen LogP contribution in [0.1, 0.15) is 17.7 Å². The summed E-state index contributed by atoms with van der Waals surface area (Å²) >= 11 is 0. The summed E-state index contributed by atoms with van der Waals surface area (Å²) in [6.45, 7) is 10.1. The van der Waals surface area contributed by atoms with E-state index in [4.69, 9.17) is 0 Å². The second-order valence-corrected chi connectivity index (χ2v) is 6.53. The van der Waals surface area contributed by atoms with Gasteiger partial charge in [0.1, 0.15) is 0 Å². The molecule has 2 aromatic heterocycles. The van der Waals surface area contributed by atoms with Crippen molar-refractivity contribution in [3.05, 3.63) is 23.5 Å². The number of rotatable bonds is 3. The number of nitrogens with one attached hydrogen (secondary N) is 2. The van der Waals surface area contributed by atoms with E-state index in [9.17, 15) is 0 Å². The van der Waals surface area contributed by atoms with Crippen LogP contribution in [0, 0.1) is 6.92 Å². The van der Waals surface area contributed by atoms with E-state index in [0.29, 0.717) is 0 Å². The van der Waals surface area contributed by atoms with E-state index in [1.165, 1.54) is 38.2 Å². The lowest BCUT2D eigenvalue weighted by molar-refractivity contribution is 0.170. The number of aromatic nitrogens is 3. The molecule has 2 saturated heterocycles. The SMILES string of the molecule is Cc1[nH]nc2ncc(CN3CCC(N4CCNCC4)C3)cc12. The van der Waals surface area contributed by atoms with Gasteiger partial charge in [-0.2, -0.15) is 5.10 Å². The van der Waals surface area contributed by atoms with E-state index < -0.39 is 0 Å². The highest BCUT2D eigenvalue weighted by Crippen LogP contribution is 2.20. The van der Waals surface area contributed by atoms with Crippen molar-refractivity contribution in [2.24, 2.45) is 0 Å². The summed E-state index contributed by atoms with van der Waals surface area (Å²) in [6, 6.07) is 2.97. The van der Waals surface area contributed by atoms with Crippen molar-refractivity contribution in [2.45, 2.75) is 25.9 Å². The molecule has 0 aliphatic carbocycles. The molecule has 0 saturated carbocycles. The van der Waals surface area contributed by atoms with Gasteiger partial charge in [-0.05, 0) is 25.0 Å². The quantitative estimate of drug-likeness (QED) is 0.876. The van der Waals surface area contributed by atoms with Crippen molar-refractivity contribution in [3.8, 4) is 0 Å². The third-order valence-corrected chi connectivity index (χ3v) is 4.98. The lowest BCUT2D eigenvalue weighted by atomic mass is 10.2. The maximum atomic E-state index is 4.47. The standard InChI is InChI=1S/C16H24N6/c1-12-15-8-13(9-18-16(15)20-19-12)10-21-5-2-14(11-21)22-6-3-17-4-7-22/h8-9,14,17H,2-7,10-11H2,1H3,(H,18,19,20). The number of aromatic amines is 1. The van der Waals surface area contributed by atoms with Gasteiger partial charge in [-0.1, -0.05) is 0 Å². The van der Waals surface area contributed by atoms with Gasteiger partial charge in [0.05, 0.1) is 0 Å². The molecule has 1 unspecified atom stereocenters. The molecule has 2 aromatic rings. The fraction of sp³-hybridized carbons (Fsp3) is 0.625. The maximum absolute atomic E-state index is 4.47. The van der Waals surface area contributed by atoms with Crippen LogP contribution in [0.4, 0.5) is 0 Å². The second-order valence-electron chi connectivity index (χ2n) is 6.53. The van der Waals surface area contributed by atoms with Crippen LogP contribution in [0.3, 0.4) is 0 Å². The first-order chi connectivity index (χ1) is 10.8. The van der Waals surface area contributed by atoms with Gasteiger partial charge in [0.25, 0.3) is 0 Å². The van der Waals surface area contributed by atoms with Crippen LogP contribution < -0.4 is 5.32 Å². The number of aryl methyl sites for hydroxylation is 1. The van der Waals surface area contributed by atoms with Gasteiger partial charge in [0.2, 0.25) is 0 Å². The molecule has 4 rings (SSSR count).